The van der Waals surface area contributed by atoms with Crippen LogP contribution < -0.4 is 10.5 Å². The van der Waals surface area contributed by atoms with Crippen molar-refractivity contribution >= 4 is 56.2 Å². The Kier molecular flexibility index (Phi) is 6.66. The Hall–Kier alpha value is -2.42. The van der Waals surface area contributed by atoms with E-state index in [2.05, 4.69) is 6.07 Å². The highest BCUT2D eigenvalue weighted by Gasteiger charge is 2.18. The highest BCUT2D eigenvalue weighted by Crippen LogP contribution is 2.23. The van der Waals surface area contributed by atoms with Crippen molar-refractivity contribution in [3.8, 4) is 0 Å². The smallest absolute Gasteiger partial charge is 0.272 e. The van der Waals surface area contributed by atoms with Crippen LogP contribution >= 0.6 is 34.4 Å². The minimum absolute atomic E-state index is 0.00169. The number of para-hydroxylation sites is 1. The molecule has 0 N–H and O–H groups in total. The molecule has 0 radical (unpaired) electrons. The molecule has 4 rings (SSSR count). The zero-order chi connectivity index (χ0) is 20.9. The van der Waals surface area contributed by atoms with Crippen LogP contribution in [0.5, 0.6) is 0 Å². The summed E-state index contributed by atoms with van der Waals surface area (Å²) < 4.78 is 2.38. The fraction of sp³-hybridized carbons (Fsp3) is 0.227. The fourth-order valence-corrected chi connectivity index (χ4v) is 5.60. The lowest BCUT2D eigenvalue weighted by molar-refractivity contribution is -0.116. The van der Waals surface area contributed by atoms with E-state index in [0.29, 0.717) is 28.5 Å². The Morgan fingerprint density at radius 1 is 1.10 bits per heavy atom. The molecule has 0 saturated carbocycles. The van der Waals surface area contributed by atoms with Gasteiger partial charge in [-0.25, -0.2) is 4.98 Å². The number of hydrogen-bond donors (Lipinski definition) is 0. The zero-order valence-electron chi connectivity index (χ0n) is 16.5. The molecule has 0 atom stereocenters. The van der Waals surface area contributed by atoms with Crippen molar-refractivity contribution in [2.75, 3.05) is 17.2 Å². The first kappa shape index (κ1) is 20.8. The Morgan fingerprint density at radius 3 is 2.67 bits per heavy atom. The van der Waals surface area contributed by atoms with Crippen molar-refractivity contribution in [3.63, 3.8) is 0 Å². The maximum absolute atomic E-state index is 13.1. The van der Waals surface area contributed by atoms with Crippen molar-refractivity contribution in [2.24, 2.45) is 0 Å². The molecule has 0 bridgehead atoms. The quantitative estimate of drug-likeness (QED) is 0.280. The third-order valence-corrected chi connectivity index (χ3v) is 7.49. The van der Waals surface area contributed by atoms with Crippen LogP contribution in [0.25, 0.3) is 10.2 Å². The van der Waals surface area contributed by atoms with Gasteiger partial charge in [0, 0.05) is 23.7 Å². The van der Waals surface area contributed by atoms with Gasteiger partial charge < -0.3 is 4.90 Å². The lowest BCUT2D eigenvalue weighted by Crippen LogP contribution is -2.32. The summed E-state index contributed by atoms with van der Waals surface area (Å²) in [7, 11) is 0. The maximum Gasteiger partial charge on any atom is 0.272 e. The highest BCUT2D eigenvalue weighted by atomic mass is 32.2. The van der Waals surface area contributed by atoms with E-state index < -0.39 is 0 Å². The number of carbonyl (C=O) groups is 1. The molecule has 8 heteroatoms. The summed E-state index contributed by atoms with van der Waals surface area (Å²) in [6, 6.07) is 15.6. The molecule has 0 saturated heterocycles. The first-order valence-electron chi connectivity index (χ1n) is 9.66. The predicted molar refractivity (Wildman–Crippen MR) is 127 cm³/mol. The molecule has 0 aliphatic heterocycles. The molecular weight excluding hydrogens is 434 g/mol. The minimum Gasteiger partial charge on any atom is -0.312 e. The second-order valence-electron chi connectivity index (χ2n) is 6.58. The normalized spacial score (nSPS) is 11.1. The van der Waals surface area contributed by atoms with Gasteiger partial charge in [-0.3, -0.25) is 14.2 Å². The van der Waals surface area contributed by atoms with Crippen LogP contribution in [-0.4, -0.2) is 27.8 Å². The van der Waals surface area contributed by atoms with Gasteiger partial charge in [0.1, 0.15) is 4.70 Å². The largest absolute Gasteiger partial charge is 0.312 e. The van der Waals surface area contributed by atoms with Crippen LogP contribution in [0, 0.1) is 0 Å². The molecule has 30 heavy (non-hydrogen) atoms. The summed E-state index contributed by atoms with van der Waals surface area (Å²) in [6.45, 7) is 3.10. The summed E-state index contributed by atoms with van der Waals surface area (Å²) in [5, 5.41) is 4.52. The van der Waals surface area contributed by atoms with E-state index in [0.717, 1.165) is 12.1 Å². The fourth-order valence-electron chi connectivity index (χ4n) is 3.22. The van der Waals surface area contributed by atoms with E-state index in [4.69, 9.17) is 4.98 Å². The number of carbonyl (C=O) groups excluding carboxylic acids is 1. The summed E-state index contributed by atoms with van der Waals surface area (Å²) in [5.41, 5.74) is 1.54. The highest BCUT2D eigenvalue weighted by molar-refractivity contribution is 7.99. The van der Waals surface area contributed by atoms with Crippen LogP contribution in [0.2, 0.25) is 0 Å². The molecule has 3 heterocycles. The molecule has 1 amide bonds. The van der Waals surface area contributed by atoms with Gasteiger partial charge in [-0.05, 0) is 48.4 Å². The average Bonchev–Trinajstić information content (AvgIpc) is 3.45. The summed E-state index contributed by atoms with van der Waals surface area (Å²) in [4.78, 5) is 33.6. The monoisotopic (exact) mass is 455 g/mol. The molecule has 1 aromatic carbocycles. The molecule has 3 aromatic heterocycles. The third-order valence-electron chi connectivity index (χ3n) is 4.70. The number of thiophene rings is 2. The molecule has 4 aromatic rings. The Morgan fingerprint density at radius 2 is 1.93 bits per heavy atom. The summed E-state index contributed by atoms with van der Waals surface area (Å²) in [5.74, 6) is 0.224. The number of nitrogens with zero attached hydrogens (tertiary/aromatic N) is 3. The lowest BCUT2D eigenvalue weighted by Gasteiger charge is -2.21. The van der Waals surface area contributed by atoms with E-state index in [9.17, 15) is 9.59 Å². The van der Waals surface area contributed by atoms with Gasteiger partial charge in [0.25, 0.3) is 5.56 Å². The molecule has 5 nitrogen and oxygen atoms in total. The first-order chi connectivity index (χ1) is 14.7. The van der Waals surface area contributed by atoms with Crippen LogP contribution in [0.4, 0.5) is 5.69 Å². The maximum atomic E-state index is 13.1. The van der Waals surface area contributed by atoms with Gasteiger partial charge >= 0.3 is 0 Å². The standard InChI is InChI=1S/C22H21N3O2S3/c1-2-24(16-7-4-3-5-8-16)19(26)15-30-22-23-18-11-14-29-20(18)21(27)25(22)12-10-17-9-6-13-28-17/h3-9,11,13-14H,2,10,12,15H2,1H3. The van der Waals surface area contributed by atoms with Crippen LogP contribution in [-0.2, 0) is 17.8 Å². The topological polar surface area (TPSA) is 55.2 Å². The van der Waals surface area contributed by atoms with Gasteiger partial charge in [-0.15, -0.1) is 22.7 Å². The first-order valence-corrected chi connectivity index (χ1v) is 12.4. The molecule has 0 aliphatic carbocycles. The number of aromatic nitrogens is 2. The molecule has 0 spiro atoms. The molecule has 0 unspecified atom stereocenters. The molecular formula is C22H21N3O2S3. The van der Waals surface area contributed by atoms with Gasteiger partial charge in [-0.2, -0.15) is 0 Å². The summed E-state index contributed by atoms with van der Waals surface area (Å²) >= 11 is 4.43. The number of aryl methyl sites for hydroxylation is 1. The summed E-state index contributed by atoms with van der Waals surface area (Å²) in [6.07, 6.45) is 0.767. The molecule has 0 fully saturated rings. The Balaban J connectivity index is 1.57. The van der Waals surface area contributed by atoms with Crippen molar-refractivity contribution in [1.82, 2.24) is 9.55 Å². The number of amides is 1. The predicted octanol–water partition coefficient (Wildman–Crippen LogP) is 4.91. The molecule has 0 aliphatic rings. The minimum atomic E-state index is -0.0306. The number of rotatable bonds is 8. The van der Waals surface area contributed by atoms with Crippen LogP contribution in [0.3, 0.4) is 0 Å². The second kappa shape index (κ2) is 9.59. The SMILES string of the molecule is CCN(C(=O)CSc1nc2ccsc2c(=O)n1CCc1cccs1)c1ccccc1. The van der Waals surface area contributed by atoms with E-state index in [1.54, 1.807) is 20.8 Å². The lowest BCUT2D eigenvalue weighted by atomic mass is 10.3. The van der Waals surface area contributed by atoms with E-state index >= 15 is 0 Å². The van der Waals surface area contributed by atoms with Crippen molar-refractivity contribution in [2.45, 2.75) is 25.0 Å². The number of thioether (sulfide) groups is 1. The average molecular weight is 456 g/mol. The van der Waals surface area contributed by atoms with Crippen LogP contribution in [0.1, 0.15) is 11.8 Å². The third kappa shape index (κ3) is 4.50. The number of benzene rings is 1. The van der Waals surface area contributed by atoms with Gasteiger partial charge in [-0.1, -0.05) is 36.0 Å². The number of anilines is 1. The van der Waals surface area contributed by atoms with Crippen molar-refractivity contribution < 1.29 is 4.79 Å². The second-order valence-corrected chi connectivity index (χ2v) is 9.47. The Bertz CT molecular complexity index is 1180. The number of hydrogen-bond acceptors (Lipinski definition) is 6. The van der Waals surface area contributed by atoms with Gasteiger partial charge in [0.15, 0.2) is 5.16 Å². The van der Waals surface area contributed by atoms with E-state index in [-0.39, 0.29) is 17.2 Å². The number of fused-ring (bicyclic) bond motifs is 1. The van der Waals surface area contributed by atoms with Crippen molar-refractivity contribution in [1.29, 1.82) is 0 Å². The zero-order valence-corrected chi connectivity index (χ0v) is 18.9. The van der Waals surface area contributed by atoms with Crippen LogP contribution in [0.15, 0.2) is 69.2 Å². The van der Waals surface area contributed by atoms with Crippen molar-refractivity contribution in [3.05, 3.63) is 74.5 Å². The van der Waals surface area contributed by atoms with Gasteiger partial charge in [0.05, 0.1) is 11.3 Å². The van der Waals surface area contributed by atoms with E-state index in [1.165, 1.54) is 28.0 Å². The molecule has 154 valence electrons. The van der Waals surface area contributed by atoms with E-state index in [1.807, 2.05) is 60.1 Å². The Labute approximate surface area is 187 Å². The van der Waals surface area contributed by atoms with Gasteiger partial charge in [0.2, 0.25) is 5.91 Å².